The van der Waals surface area contributed by atoms with E-state index in [0.29, 0.717) is 42.1 Å². The van der Waals surface area contributed by atoms with E-state index in [0.717, 1.165) is 53.7 Å². The lowest BCUT2D eigenvalue weighted by Crippen LogP contribution is -2.30. The topological polar surface area (TPSA) is 61.8 Å². The van der Waals surface area contributed by atoms with E-state index in [4.69, 9.17) is 14.2 Å². The largest absolute Gasteiger partial charge is 0.493 e. The summed E-state index contributed by atoms with van der Waals surface area (Å²) in [4.78, 5) is 25.8. The Balaban J connectivity index is 1.87. The molecule has 4 rings (SSSR count). The molecule has 0 atom stereocenters. The van der Waals surface area contributed by atoms with Gasteiger partial charge in [-0.1, -0.05) is 6.92 Å². The van der Waals surface area contributed by atoms with Gasteiger partial charge in [-0.3, -0.25) is 9.59 Å². The van der Waals surface area contributed by atoms with Crippen LogP contribution in [0, 0.1) is 0 Å². The maximum atomic E-state index is 12.9. The number of benzene rings is 1. The molecule has 0 saturated carbocycles. The first-order chi connectivity index (χ1) is 14.0. The van der Waals surface area contributed by atoms with E-state index < -0.39 is 5.92 Å². The fourth-order valence-corrected chi connectivity index (χ4v) is 4.98. The molecule has 0 amide bonds. The average molecular weight is 461 g/mol. The quantitative estimate of drug-likeness (QED) is 0.590. The second-order valence-electron chi connectivity index (χ2n) is 7.64. The summed E-state index contributed by atoms with van der Waals surface area (Å²) in [5, 5.41) is 0. The molecule has 1 aromatic carbocycles. The zero-order valence-corrected chi connectivity index (χ0v) is 18.4. The minimum atomic E-state index is -0.403. The van der Waals surface area contributed by atoms with Gasteiger partial charge in [0.15, 0.2) is 23.1 Å². The first-order valence-electron chi connectivity index (χ1n) is 10.3. The lowest BCUT2D eigenvalue weighted by atomic mass is 9.73. The van der Waals surface area contributed by atoms with Crippen LogP contribution >= 0.6 is 15.9 Å². The van der Waals surface area contributed by atoms with Crippen molar-refractivity contribution < 1.29 is 23.8 Å². The number of ketones is 2. The number of carbonyl (C=O) groups is 2. The van der Waals surface area contributed by atoms with Gasteiger partial charge in [0.2, 0.25) is 0 Å². The Morgan fingerprint density at radius 1 is 1.03 bits per heavy atom. The molecule has 5 nitrogen and oxygen atoms in total. The summed E-state index contributed by atoms with van der Waals surface area (Å²) in [5.41, 5.74) is 2.13. The molecule has 1 aliphatic heterocycles. The van der Waals surface area contributed by atoms with Crippen LogP contribution in [0.4, 0.5) is 0 Å². The number of Topliss-reactive ketones (excluding diaryl/α,β-unsaturated/α-hetero) is 2. The molecule has 0 unspecified atom stereocenters. The van der Waals surface area contributed by atoms with Gasteiger partial charge in [0, 0.05) is 42.7 Å². The van der Waals surface area contributed by atoms with Crippen molar-refractivity contribution in [3.63, 3.8) is 0 Å². The minimum absolute atomic E-state index is 0.0718. The zero-order valence-electron chi connectivity index (χ0n) is 16.8. The lowest BCUT2D eigenvalue weighted by Gasteiger charge is -2.36. The van der Waals surface area contributed by atoms with Crippen LogP contribution in [0.5, 0.6) is 11.5 Å². The van der Waals surface area contributed by atoms with E-state index in [-0.39, 0.29) is 11.6 Å². The van der Waals surface area contributed by atoms with Crippen LogP contribution in [0.1, 0.15) is 63.4 Å². The van der Waals surface area contributed by atoms with Crippen LogP contribution in [0.2, 0.25) is 0 Å². The highest BCUT2D eigenvalue weighted by Crippen LogP contribution is 2.50. The van der Waals surface area contributed by atoms with Crippen molar-refractivity contribution in [3.05, 3.63) is 44.8 Å². The third-order valence-corrected chi connectivity index (χ3v) is 6.27. The summed E-state index contributed by atoms with van der Waals surface area (Å²) in [6.45, 7) is 2.62. The van der Waals surface area contributed by atoms with Gasteiger partial charge >= 0.3 is 0 Å². The lowest BCUT2D eigenvalue weighted by molar-refractivity contribution is -0.117. The molecule has 2 aliphatic carbocycles. The first-order valence-corrected chi connectivity index (χ1v) is 11.0. The van der Waals surface area contributed by atoms with Crippen molar-refractivity contribution in [1.82, 2.24) is 0 Å². The predicted molar refractivity (Wildman–Crippen MR) is 112 cm³/mol. The Hall–Kier alpha value is -2.08. The molecule has 0 fully saturated rings. The first kappa shape index (κ1) is 20.2. The molecule has 0 bridgehead atoms. The number of hydrogen-bond acceptors (Lipinski definition) is 5. The molecule has 1 aromatic rings. The highest BCUT2D eigenvalue weighted by Gasteiger charge is 2.42. The number of hydrogen-bond donors (Lipinski definition) is 0. The predicted octanol–water partition coefficient (Wildman–Crippen LogP) is 5.37. The van der Waals surface area contributed by atoms with Crippen LogP contribution in [-0.4, -0.2) is 25.3 Å². The normalized spacial score (nSPS) is 19.7. The Morgan fingerprint density at radius 3 is 2.21 bits per heavy atom. The van der Waals surface area contributed by atoms with Gasteiger partial charge in [-0.05, 0) is 52.9 Å². The Kier molecular flexibility index (Phi) is 5.81. The number of methoxy groups -OCH3 is 1. The highest BCUT2D eigenvalue weighted by atomic mass is 79.9. The number of halogens is 1. The zero-order chi connectivity index (χ0) is 20.5. The van der Waals surface area contributed by atoms with E-state index in [1.54, 1.807) is 7.11 Å². The van der Waals surface area contributed by atoms with Gasteiger partial charge < -0.3 is 14.2 Å². The fraction of sp³-hybridized carbons (Fsp3) is 0.478. The van der Waals surface area contributed by atoms with Crippen molar-refractivity contribution >= 4 is 27.5 Å². The molecule has 0 spiro atoms. The number of rotatable bonds is 5. The second kappa shape index (κ2) is 8.34. The molecule has 154 valence electrons. The second-order valence-corrected chi connectivity index (χ2v) is 8.50. The molecule has 3 aliphatic rings. The van der Waals surface area contributed by atoms with E-state index in [9.17, 15) is 9.59 Å². The van der Waals surface area contributed by atoms with Gasteiger partial charge in [0.05, 0.1) is 18.2 Å². The van der Waals surface area contributed by atoms with Crippen molar-refractivity contribution in [1.29, 1.82) is 0 Å². The van der Waals surface area contributed by atoms with Crippen LogP contribution in [0.3, 0.4) is 0 Å². The third kappa shape index (κ3) is 3.63. The van der Waals surface area contributed by atoms with Gasteiger partial charge in [0.1, 0.15) is 11.5 Å². The van der Waals surface area contributed by atoms with Crippen LogP contribution < -0.4 is 9.47 Å². The SMILES string of the molecule is CCCOc1c(Br)cc(C2C3=C(CCCC3=O)OC3=C2C(=O)CCC3)cc1OC. The molecular weight excluding hydrogens is 436 g/mol. The summed E-state index contributed by atoms with van der Waals surface area (Å²) in [6, 6.07) is 3.84. The van der Waals surface area contributed by atoms with Crippen LogP contribution in [-0.2, 0) is 14.3 Å². The number of carbonyl (C=O) groups excluding carboxylic acids is 2. The third-order valence-electron chi connectivity index (χ3n) is 5.68. The van der Waals surface area contributed by atoms with Crippen molar-refractivity contribution in [2.24, 2.45) is 0 Å². The van der Waals surface area contributed by atoms with Crippen molar-refractivity contribution in [2.45, 2.75) is 57.8 Å². The van der Waals surface area contributed by atoms with E-state index in [2.05, 4.69) is 15.9 Å². The number of allylic oxidation sites excluding steroid dienone is 4. The molecule has 0 saturated heterocycles. The molecule has 6 heteroatoms. The molecule has 0 aromatic heterocycles. The standard InChI is InChI=1S/C23H25BrO5/c1-3-10-28-23-14(24)11-13(12-19(23)27-2)20-21-15(25)6-4-8-17(21)29-18-9-5-7-16(26)22(18)20/h11-12,20H,3-10H2,1-2H3. The highest BCUT2D eigenvalue weighted by molar-refractivity contribution is 9.10. The smallest absolute Gasteiger partial charge is 0.175 e. The van der Waals surface area contributed by atoms with Crippen molar-refractivity contribution in [2.75, 3.05) is 13.7 Å². The summed E-state index contributed by atoms with van der Waals surface area (Å²) < 4.78 is 18.3. The molecule has 29 heavy (non-hydrogen) atoms. The van der Waals surface area contributed by atoms with Gasteiger partial charge in [-0.15, -0.1) is 0 Å². The average Bonchev–Trinajstić information content (AvgIpc) is 2.71. The summed E-state index contributed by atoms with van der Waals surface area (Å²) in [7, 11) is 1.60. The fourth-order valence-electron chi connectivity index (χ4n) is 4.40. The maximum absolute atomic E-state index is 12.9. The molecule has 0 N–H and O–H groups in total. The summed E-state index contributed by atoms with van der Waals surface area (Å²) in [6.07, 6.45) is 4.91. The van der Waals surface area contributed by atoms with E-state index >= 15 is 0 Å². The Morgan fingerprint density at radius 2 is 1.66 bits per heavy atom. The van der Waals surface area contributed by atoms with Gasteiger partial charge in [0.25, 0.3) is 0 Å². The van der Waals surface area contributed by atoms with Crippen molar-refractivity contribution in [3.8, 4) is 11.5 Å². The maximum Gasteiger partial charge on any atom is 0.175 e. The molecule has 0 radical (unpaired) electrons. The van der Waals surface area contributed by atoms with Gasteiger partial charge in [-0.25, -0.2) is 0 Å². The van der Waals surface area contributed by atoms with Crippen LogP contribution in [0.25, 0.3) is 0 Å². The van der Waals surface area contributed by atoms with Crippen LogP contribution in [0.15, 0.2) is 39.3 Å². The van der Waals surface area contributed by atoms with E-state index in [1.165, 1.54) is 0 Å². The summed E-state index contributed by atoms with van der Waals surface area (Å²) >= 11 is 3.60. The van der Waals surface area contributed by atoms with E-state index in [1.807, 2.05) is 19.1 Å². The number of ether oxygens (including phenoxy) is 3. The molecule has 1 heterocycles. The monoisotopic (exact) mass is 460 g/mol. The Labute approximate surface area is 179 Å². The minimum Gasteiger partial charge on any atom is -0.493 e. The van der Waals surface area contributed by atoms with Gasteiger partial charge in [-0.2, -0.15) is 0 Å². The Bertz CT molecular complexity index is 885. The molecular formula is C23H25BrO5. The summed E-state index contributed by atoms with van der Waals surface area (Å²) in [5.74, 6) is 2.44.